The molecule has 12 nitrogen and oxygen atoms in total. The number of phenols is 1. The maximum Gasteiger partial charge on any atom is 0.328 e. The summed E-state index contributed by atoms with van der Waals surface area (Å²) < 4.78 is 11.2. The second-order valence-corrected chi connectivity index (χ2v) is 13.3. The van der Waals surface area contributed by atoms with E-state index in [-0.39, 0.29) is 35.1 Å². The molecule has 3 aromatic carbocycles. The van der Waals surface area contributed by atoms with Crippen LogP contribution in [0.4, 0.5) is 10.5 Å². The zero-order valence-electron chi connectivity index (χ0n) is 26.2. The van der Waals surface area contributed by atoms with Gasteiger partial charge in [-0.1, -0.05) is 53.1 Å². The van der Waals surface area contributed by atoms with Gasteiger partial charge in [-0.05, 0) is 60.7 Å². The molecule has 252 valence electrons. The average Bonchev–Trinajstić information content (AvgIpc) is 3.47. The van der Waals surface area contributed by atoms with Gasteiger partial charge >= 0.3 is 6.03 Å². The second kappa shape index (κ2) is 11.8. The number of hydrogen-bond donors (Lipinski definition) is 3. The monoisotopic (exact) mass is 704 g/mol. The highest BCUT2D eigenvalue weighted by molar-refractivity contribution is 6.36. The van der Waals surface area contributed by atoms with Crippen molar-refractivity contribution in [2.24, 2.45) is 29.4 Å². The third-order valence-corrected chi connectivity index (χ3v) is 10.9. The van der Waals surface area contributed by atoms with E-state index in [0.29, 0.717) is 32.4 Å². The Bertz CT molecular complexity index is 1980. The fourth-order valence-corrected chi connectivity index (χ4v) is 8.79. The molecule has 4 N–H and O–H groups in total. The number of nitrogens with zero attached hydrogens (tertiary/aromatic N) is 2. The van der Waals surface area contributed by atoms with Crippen LogP contribution in [0.3, 0.4) is 0 Å². The minimum absolute atomic E-state index is 0.0152. The number of carbonyl (C=O) groups is 5. The van der Waals surface area contributed by atoms with E-state index in [2.05, 4.69) is 5.43 Å². The summed E-state index contributed by atoms with van der Waals surface area (Å²) in [4.78, 5) is 69.8. The van der Waals surface area contributed by atoms with Crippen LogP contribution in [0.5, 0.6) is 17.2 Å². The molecule has 0 bridgehead atoms. The minimum atomic E-state index is -1.64. The number of imide groups is 4. The number of nitrogens with one attached hydrogen (secondary N) is 1. The highest BCUT2D eigenvalue weighted by atomic mass is 35.5. The fourth-order valence-electron chi connectivity index (χ4n) is 8.34. The number of hydrazine groups is 1. The Morgan fingerprint density at radius 3 is 2.33 bits per heavy atom. The van der Waals surface area contributed by atoms with Gasteiger partial charge in [0.1, 0.15) is 17.2 Å². The summed E-state index contributed by atoms with van der Waals surface area (Å²) in [6.45, 7) is 0. The predicted octanol–water partition coefficient (Wildman–Crippen LogP) is 4.78. The molecule has 0 unspecified atom stereocenters. The maximum absolute atomic E-state index is 15.3. The van der Waals surface area contributed by atoms with Gasteiger partial charge in [0.25, 0.3) is 11.8 Å². The number of benzene rings is 3. The van der Waals surface area contributed by atoms with Gasteiger partial charge in [0, 0.05) is 22.6 Å². The number of halogens is 2. The van der Waals surface area contributed by atoms with Crippen molar-refractivity contribution in [3.8, 4) is 17.2 Å². The summed E-state index contributed by atoms with van der Waals surface area (Å²) in [5, 5.41) is 11.9. The van der Waals surface area contributed by atoms with Crippen LogP contribution in [-0.4, -0.2) is 58.9 Å². The molecule has 3 aromatic rings. The number of allylic oxidation sites excluding steroid dienone is 2. The first-order valence-corrected chi connectivity index (χ1v) is 16.2. The molecule has 2 aliphatic heterocycles. The van der Waals surface area contributed by atoms with Crippen LogP contribution in [-0.2, 0) is 24.6 Å². The Hall–Kier alpha value is -5.07. The van der Waals surface area contributed by atoms with Crippen molar-refractivity contribution in [2.75, 3.05) is 19.6 Å². The van der Waals surface area contributed by atoms with Crippen molar-refractivity contribution in [2.45, 2.75) is 24.2 Å². The van der Waals surface area contributed by atoms with Gasteiger partial charge in [0.2, 0.25) is 11.8 Å². The summed E-state index contributed by atoms with van der Waals surface area (Å²) in [7, 11) is 2.93. The predicted molar refractivity (Wildman–Crippen MR) is 177 cm³/mol. The number of hydrogen-bond acceptors (Lipinski definition) is 9. The molecule has 2 heterocycles. The zero-order valence-corrected chi connectivity index (χ0v) is 27.7. The first-order chi connectivity index (χ1) is 23.4. The molecule has 2 saturated heterocycles. The van der Waals surface area contributed by atoms with Gasteiger partial charge < -0.3 is 20.3 Å². The highest BCUT2D eigenvalue weighted by Crippen LogP contribution is 2.65. The lowest BCUT2D eigenvalue weighted by Crippen LogP contribution is -2.53. The molecule has 7 rings (SSSR count). The van der Waals surface area contributed by atoms with Gasteiger partial charge in [0.05, 0.1) is 48.1 Å². The van der Waals surface area contributed by atoms with Crippen molar-refractivity contribution >= 4 is 58.5 Å². The third-order valence-electron chi connectivity index (χ3n) is 10.3. The van der Waals surface area contributed by atoms with Crippen LogP contribution in [0.2, 0.25) is 10.0 Å². The van der Waals surface area contributed by atoms with Crippen LogP contribution < -0.4 is 20.6 Å². The number of aromatic hydroxyl groups is 1. The largest absolute Gasteiger partial charge is 0.508 e. The van der Waals surface area contributed by atoms with Gasteiger partial charge in [-0.2, -0.15) is 9.91 Å². The molecule has 6 atom stereocenters. The SMILES string of the molecule is COc1ccc([C@@]23C(=O)N(Nc4ccc(Cl)cc4Cl)C(=O)[C@@H]2C[C@@H]2C(=CC[C@@H]4C(=O)N(C(N)=O)C(=O)[C@@H]42)[C@@H]3c2ccc(O)cc2OC)cc1. The Morgan fingerprint density at radius 1 is 0.939 bits per heavy atom. The van der Waals surface area contributed by atoms with E-state index in [1.807, 2.05) is 6.08 Å². The fraction of sp³-hybridized carbons (Fsp3) is 0.286. The summed E-state index contributed by atoms with van der Waals surface area (Å²) in [5.74, 6) is -6.65. The molecule has 4 aliphatic rings. The summed E-state index contributed by atoms with van der Waals surface area (Å²) >= 11 is 12.6. The smallest absolute Gasteiger partial charge is 0.328 e. The molecule has 3 fully saturated rings. The summed E-state index contributed by atoms with van der Waals surface area (Å²) in [5.41, 5.74) is 8.58. The van der Waals surface area contributed by atoms with E-state index in [1.165, 1.54) is 32.4 Å². The number of ether oxygens (including phenoxy) is 2. The molecule has 0 aromatic heterocycles. The molecular weight excluding hydrogens is 675 g/mol. The number of primary amides is 1. The van der Waals surface area contributed by atoms with E-state index in [4.69, 9.17) is 38.4 Å². The molecule has 49 heavy (non-hydrogen) atoms. The number of anilines is 1. The number of fused-ring (bicyclic) bond motifs is 4. The quantitative estimate of drug-likeness (QED) is 0.242. The van der Waals surface area contributed by atoms with Gasteiger partial charge in [-0.25, -0.2) is 4.79 Å². The van der Waals surface area contributed by atoms with Crippen LogP contribution >= 0.6 is 23.2 Å². The van der Waals surface area contributed by atoms with E-state index in [9.17, 15) is 24.3 Å². The van der Waals surface area contributed by atoms with Gasteiger partial charge in [-0.3, -0.25) is 24.6 Å². The topological polar surface area (TPSA) is 169 Å². The number of methoxy groups -OCH3 is 2. The lowest BCUT2D eigenvalue weighted by Gasteiger charge is -2.50. The van der Waals surface area contributed by atoms with Crippen molar-refractivity contribution in [1.29, 1.82) is 0 Å². The maximum atomic E-state index is 15.3. The summed E-state index contributed by atoms with van der Waals surface area (Å²) in [6.07, 6.45) is 1.90. The number of rotatable bonds is 6. The molecule has 14 heteroatoms. The minimum Gasteiger partial charge on any atom is -0.508 e. The molecule has 1 saturated carbocycles. The van der Waals surface area contributed by atoms with E-state index < -0.39 is 64.7 Å². The zero-order chi connectivity index (χ0) is 34.9. The number of phenolic OH excluding ortho intramolecular Hbond substituents is 1. The average molecular weight is 706 g/mol. The van der Waals surface area contributed by atoms with E-state index in [0.717, 1.165) is 5.01 Å². The lowest BCUT2D eigenvalue weighted by atomic mass is 9.49. The van der Waals surface area contributed by atoms with Crippen molar-refractivity contribution in [3.63, 3.8) is 0 Å². The van der Waals surface area contributed by atoms with Crippen molar-refractivity contribution in [3.05, 3.63) is 93.5 Å². The number of nitrogens with two attached hydrogens (primary N) is 1. The molecular formula is C35H30Cl2N4O8. The lowest BCUT2D eigenvalue weighted by molar-refractivity contribution is -0.139. The van der Waals surface area contributed by atoms with Crippen LogP contribution in [0.1, 0.15) is 29.9 Å². The number of likely N-dealkylation sites (tertiary alicyclic amines) is 1. The first kappa shape index (κ1) is 32.5. The van der Waals surface area contributed by atoms with Crippen LogP contribution in [0, 0.1) is 23.7 Å². The first-order valence-electron chi connectivity index (χ1n) is 15.4. The normalized spacial score (nSPS) is 27.3. The summed E-state index contributed by atoms with van der Waals surface area (Å²) in [6, 6.07) is 14.7. The molecule has 0 radical (unpaired) electrons. The van der Waals surface area contributed by atoms with Gasteiger partial charge in [-0.15, -0.1) is 0 Å². The van der Waals surface area contributed by atoms with Crippen molar-refractivity contribution < 1.29 is 38.6 Å². The van der Waals surface area contributed by atoms with Crippen LogP contribution in [0.25, 0.3) is 0 Å². The Kier molecular flexibility index (Phi) is 7.83. The number of urea groups is 1. The third kappa shape index (κ3) is 4.68. The number of carbonyl (C=O) groups excluding carboxylic acids is 5. The van der Waals surface area contributed by atoms with Crippen LogP contribution in [0.15, 0.2) is 72.3 Å². The Labute approximate surface area is 290 Å². The molecule has 2 aliphatic carbocycles. The number of amides is 6. The second-order valence-electron chi connectivity index (χ2n) is 12.5. The molecule has 6 amide bonds. The van der Waals surface area contributed by atoms with Crippen molar-refractivity contribution in [1.82, 2.24) is 9.91 Å². The Morgan fingerprint density at radius 2 is 1.67 bits per heavy atom. The van der Waals surface area contributed by atoms with E-state index >= 15 is 4.79 Å². The Balaban J connectivity index is 1.49. The molecule has 0 spiro atoms. The standard InChI is InChI=1S/C35H30Cl2N4O8/c1-48-19-7-3-16(4-8-19)35-24(31(44)41(33(35)46)39-26-12-5-17(36)13-25(26)37)15-23-20(29(35)21-9-6-18(42)14-27(21)49-2)10-11-22-28(23)32(45)40(30(22)43)34(38)47/h3-10,12-14,22-24,28-29,39,42H,11,15H2,1-2H3,(H2,38,47)/t22-,23+,24-,28-,29+,35+/m0/s1. The van der Waals surface area contributed by atoms with Gasteiger partial charge in [0.15, 0.2) is 0 Å². The van der Waals surface area contributed by atoms with E-state index in [1.54, 1.807) is 42.5 Å². The highest BCUT2D eigenvalue weighted by Gasteiger charge is 2.71.